The molecule has 1 fully saturated rings. The van der Waals surface area contributed by atoms with Crippen molar-refractivity contribution >= 4 is 33.3 Å². The highest BCUT2D eigenvalue weighted by atomic mass is 32.1. The number of carbonyl (C=O) groups is 1. The predicted molar refractivity (Wildman–Crippen MR) is 100.0 cm³/mol. The third-order valence-corrected chi connectivity index (χ3v) is 5.49. The molecular formula is C19H21N3O2S. The van der Waals surface area contributed by atoms with Crippen molar-refractivity contribution in [2.75, 3.05) is 18.4 Å². The number of para-hydroxylation sites is 1. The summed E-state index contributed by atoms with van der Waals surface area (Å²) in [5.74, 6) is 0.872. The van der Waals surface area contributed by atoms with Crippen LogP contribution in [0.3, 0.4) is 0 Å². The number of likely N-dealkylation sites (tertiary alicyclic amines) is 1. The number of carbonyl (C=O) groups excluding carboxylic acids is 1. The van der Waals surface area contributed by atoms with Crippen molar-refractivity contribution in [2.45, 2.75) is 26.3 Å². The van der Waals surface area contributed by atoms with Gasteiger partial charge in [0, 0.05) is 17.3 Å². The molecule has 130 valence electrons. The van der Waals surface area contributed by atoms with E-state index in [1.54, 1.807) is 6.07 Å². The van der Waals surface area contributed by atoms with E-state index < -0.39 is 0 Å². The van der Waals surface area contributed by atoms with Crippen LogP contribution in [-0.2, 0) is 6.54 Å². The molecule has 25 heavy (non-hydrogen) atoms. The number of hydrogen-bond donors (Lipinski definition) is 1. The number of thiazole rings is 1. The minimum atomic E-state index is -0.260. The smallest absolute Gasteiger partial charge is 0.293 e. The first-order valence-electron chi connectivity index (χ1n) is 8.64. The molecule has 4 rings (SSSR count). The second kappa shape index (κ2) is 6.98. The standard InChI is InChI=1S/C19H21N3O2S/c1-13-6-8-22(9-7-13)11-15-12-25-19(20-15)21-18(23)17-10-14-4-2-3-5-16(14)24-17/h2-5,10,12-13H,6-9,11H2,1H3,(H,20,21,23). The van der Waals surface area contributed by atoms with Gasteiger partial charge in [0.25, 0.3) is 5.91 Å². The van der Waals surface area contributed by atoms with Crippen LogP contribution in [0.15, 0.2) is 40.1 Å². The largest absolute Gasteiger partial charge is 0.451 e. The average molecular weight is 355 g/mol. The van der Waals surface area contributed by atoms with Gasteiger partial charge in [-0.05, 0) is 44.0 Å². The summed E-state index contributed by atoms with van der Waals surface area (Å²) in [6.45, 7) is 5.41. The topological polar surface area (TPSA) is 58.4 Å². The Morgan fingerprint density at radius 3 is 2.96 bits per heavy atom. The van der Waals surface area contributed by atoms with Crippen molar-refractivity contribution in [3.8, 4) is 0 Å². The molecule has 0 saturated carbocycles. The molecule has 0 aliphatic carbocycles. The zero-order chi connectivity index (χ0) is 17.2. The van der Waals surface area contributed by atoms with Crippen molar-refractivity contribution in [1.29, 1.82) is 0 Å². The molecule has 0 atom stereocenters. The van der Waals surface area contributed by atoms with E-state index in [2.05, 4.69) is 22.1 Å². The van der Waals surface area contributed by atoms with Gasteiger partial charge in [0.05, 0.1) is 5.69 Å². The van der Waals surface area contributed by atoms with Gasteiger partial charge in [-0.25, -0.2) is 4.98 Å². The van der Waals surface area contributed by atoms with E-state index in [0.717, 1.165) is 36.6 Å². The molecule has 1 aliphatic rings. The molecule has 3 aromatic rings. The summed E-state index contributed by atoms with van der Waals surface area (Å²) in [5, 5.41) is 6.40. The number of fused-ring (bicyclic) bond motifs is 1. The minimum Gasteiger partial charge on any atom is -0.451 e. The number of benzene rings is 1. The Kier molecular flexibility index (Phi) is 4.55. The third kappa shape index (κ3) is 3.75. The Morgan fingerprint density at radius 1 is 1.36 bits per heavy atom. The monoisotopic (exact) mass is 355 g/mol. The molecule has 1 saturated heterocycles. The van der Waals surface area contributed by atoms with E-state index in [1.165, 1.54) is 24.2 Å². The van der Waals surface area contributed by atoms with Gasteiger partial charge in [0.2, 0.25) is 0 Å². The van der Waals surface area contributed by atoms with Crippen molar-refractivity contribution in [1.82, 2.24) is 9.88 Å². The van der Waals surface area contributed by atoms with Crippen LogP contribution < -0.4 is 5.32 Å². The van der Waals surface area contributed by atoms with Crippen LogP contribution in [0.25, 0.3) is 11.0 Å². The molecule has 0 spiro atoms. The minimum absolute atomic E-state index is 0.260. The van der Waals surface area contributed by atoms with Crippen LogP contribution in [0.5, 0.6) is 0 Å². The fourth-order valence-corrected chi connectivity index (χ4v) is 3.84. The normalized spacial score (nSPS) is 16.4. The highest BCUT2D eigenvalue weighted by Gasteiger charge is 2.18. The Morgan fingerprint density at radius 2 is 2.16 bits per heavy atom. The van der Waals surface area contributed by atoms with Crippen molar-refractivity contribution in [3.63, 3.8) is 0 Å². The van der Waals surface area contributed by atoms with Crippen LogP contribution in [0.1, 0.15) is 36.0 Å². The summed E-state index contributed by atoms with van der Waals surface area (Å²) in [7, 11) is 0. The molecule has 0 radical (unpaired) electrons. The molecule has 2 aromatic heterocycles. The number of amides is 1. The van der Waals surface area contributed by atoms with Gasteiger partial charge in [0.1, 0.15) is 5.58 Å². The Labute approximate surface area is 150 Å². The molecule has 0 unspecified atom stereocenters. The summed E-state index contributed by atoms with van der Waals surface area (Å²) in [6, 6.07) is 9.35. The Balaban J connectivity index is 1.39. The lowest BCUT2D eigenvalue weighted by molar-refractivity contribution is 0.0998. The van der Waals surface area contributed by atoms with Gasteiger partial charge in [-0.3, -0.25) is 15.0 Å². The molecule has 6 heteroatoms. The molecular weight excluding hydrogens is 334 g/mol. The maximum atomic E-state index is 12.4. The van der Waals surface area contributed by atoms with Crippen LogP contribution >= 0.6 is 11.3 Å². The Hall–Kier alpha value is -2.18. The number of furan rings is 1. The van der Waals surface area contributed by atoms with Gasteiger partial charge in [0.15, 0.2) is 10.9 Å². The average Bonchev–Trinajstić information content (AvgIpc) is 3.23. The molecule has 0 bridgehead atoms. The molecule has 1 aliphatic heterocycles. The maximum Gasteiger partial charge on any atom is 0.293 e. The third-order valence-electron chi connectivity index (χ3n) is 4.68. The number of aromatic nitrogens is 1. The van der Waals surface area contributed by atoms with Crippen LogP contribution in [0, 0.1) is 5.92 Å². The van der Waals surface area contributed by atoms with E-state index in [1.807, 2.05) is 29.6 Å². The first-order chi connectivity index (χ1) is 12.2. The summed E-state index contributed by atoms with van der Waals surface area (Å²) >= 11 is 1.46. The summed E-state index contributed by atoms with van der Waals surface area (Å²) in [6.07, 6.45) is 2.50. The number of hydrogen-bond acceptors (Lipinski definition) is 5. The number of anilines is 1. The highest BCUT2D eigenvalue weighted by Crippen LogP contribution is 2.23. The van der Waals surface area contributed by atoms with Gasteiger partial charge in [-0.1, -0.05) is 25.1 Å². The summed E-state index contributed by atoms with van der Waals surface area (Å²) in [5.41, 5.74) is 1.73. The first kappa shape index (κ1) is 16.3. The molecule has 5 nitrogen and oxygen atoms in total. The van der Waals surface area contributed by atoms with E-state index in [9.17, 15) is 4.79 Å². The lowest BCUT2D eigenvalue weighted by Crippen LogP contribution is -2.32. The molecule has 1 amide bonds. The maximum absolute atomic E-state index is 12.4. The van der Waals surface area contributed by atoms with Crippen molar-refractivity contribution in [3.05, 3.63) is 47.2 Å². The van der Waals surface area contributed by atoms with Crippen LogP contribution in [-0.4, -0.2) is 28.9 Å². The van der Waals surface area contributed by atoms with Crippen LogP contribution in [0.4, 0.5) is 5.13 Å². The van der Waals surface area contributed by atoms with Crippen molar-refractivity contribution in [2.24, 2.45) is 5.92 Å². The lowest BCUT2D eigenvalue weighted by Gasteiger charge is -2.29. The van der Waals surface area contributed by atoms with Gasteiger partial charge >= 0.3 is 0 Å². The van der Waals surface area contributed by atoms with E-state index in [-0.39, 0.29) is 5.91 Å². The zero-order valence-corrected chi connectivity index (χ0v) is 15.0. The fourth-order valence-electron chi connectivity index (χ4n) is 3.14. The first-order valence-corrected chi connectivity index (χ1v) is 9.52. The van der Waals surface area contributed by atoms with Crippen LogP contribution in [0.2, 0.25) is 0 Å². The summed E-state index contributed by atoms with van der Waals surface area (Å²) in [4.78, 5) is 19.3. The second-order valence-electron chi connectivity index (χ2n) is 6.71. The number of nitrogens with one attached hydrogen (secondary N) is 1. The fraction of sp³-hybridized carbons (Fsp3) is 0.368. The number of piperidine rings is 1. The number of nitrogens with zero attached hydrogens (tertiary/aromatic N) is 2. The highest BCUT2D eigenvalue weighted by molar-refractivity contribution is 7.13. The van der Waals surface area contributed by atoms with Gasteiger partial charge in [-0.15, -0.1) is 11.3 Å². The number of rotatable bonds is 4. The van der Waals surface area contributed by atoms with Crippen molar-refractivity contribution < 1.29 is 9.21 Å². The lowest BCUT2D eigenvalue weighted by atomic mass is 9.99. The quantitative estimate of drug-likeness (QED) is 0.755. The SMILES string of the molecule is CC1CCN(Cc2csc(NC(=O)c3cc4ccccc4o3)n2)CC1. The van der Waals surface area contributed by atoms with E-state index in [4.69, 9.17) is 4.42 Å². The van der Waals surface area contributed by atoms with E-state index in [0.29, 0.717) is 16.5 Å². The Bertz CT molecular complexity index is 845. The van der Waals surface area contributed by atoms with E-state index >= 15 is 0 Å². The van der Waals surface area contributed by atoms with Gasteiger partial charge < -0.3 is 4.42 Å². The predicted octanol–water partition coefficient (Wildman–Crippen LogP) is 4.37. The molecule has 1 N–H and O–H groups in total. The second-order valence-corrected chi connectivity index (χ2v) is 7.56. The van der Waals surface area contributed by atoms with Gasteiger partial charge in [-0.2, -0.15) is 0 Å². The molecule has 3 heterocycles. The zero-order valence-electron chi connectivity index (χ0n) is 14.2. The molecule has 1 aromatic carbocycles. The summed E-state index contributed by atoms with van der Waals surface area (Å²) < 4.78 is 5.60.